The maximum absolute atomic E-state index is 13.5. The number of halogens is 1. The molecule has 0 fully saturated rings. The van der Waals surface area contributed by atoms with Gasteiger partial charge in [-0.1, -0.05) is 0 Å². The zero-order chi connectivity index (χ0) is 11.2. The van der Waals surface area contributed by atoms with Crippen LogP contribution < -0.4 is 5.56 Å². The van der Waals surface area contributed by atoms with Crippen molar-refractivity contribution in [1.29, 1.82) is 0 Å². The van der Waals surface area contributed by atoms with Gasteiger partial charge in [-0.05, 0) is 13.8 Å². The van der Waals surface area contributed by atoms with Gasteiger partial charge in [0.1, 0.15) is 5.39 Å². The second kappa shape index (κ2) is 3.18. The lowest BCUT2D eigenvalue weighted by atomic mass is 10.4. The van der Waals surface area contributed by atoms with E-state index in [-0.39, 0.29) is 17.0 Å². The molecule has 0 atom stereocenters. The summed E-state index contributed by atoms with van der Waals surface area (Å²) in [6.45, 7) is 3.83. The van der Waals surface area contributed by atoms with E-state index in [1.807, 2.05) is 13.8 Å². The molecule has 0 amide bonds. The van der Waals surface area contributed by atoms with Crippen LogP contribution in [-0.4, -0.2) is 14.1 Å². The van der Waals surface area contributed by atoms with Gasteiger partial charge in [-0.25, -0.2) is 9.37 Å². The molecule has 0 aromatic carbocycles. The summed E-state index contributed by atoms with van der Waals surface area (Å²) in [5.74, 6) is -0.507. The molecule has 80 valence electrons. The van der Waals surface area contributed by atoms with Crippen LogP contribution in [0.3, 0.4) is 0 Å². The number of rotatable bonds is 1. The van der Waals surface area contributed by atoms with E-state index in [2.05, 4.69) is 4.98 Å². The van der Waals surface area contributed by atoms with E-state index in [0.717, 1.165) is 0 Å². The van der Waals surface area contributed by atoms with Crippen LogP contribution in [0.4, 0.5) is 4.39 Å². The average Bonchev–Trinajstić information content (AvgIpc) is 2.50. The van der Waals surface area contributed by atoms with Crippen molar-refractivity contribution in [3.8, 4) is 0 Å². The summed E-state index contributed by atoms with van der Waals surface area (Å²) in [5.41, 5.74) is 0.0579. The first-order valence-electron chi connectivity index (χ1n) is 4.74. The standard InChI is InChI=1S/C10H12FN3O/c1-6(2)14-4-7(11)8-9(14)12-5-13(3)10(8)15/h4-6H,1-3H3. The molecule has 0 aliphatic heterocycles. The summed E-state index contributed by atoms with van der Waals surface area (Å²) in [6, 6.07) is 0.0802. The summed E-state index contributed by atoms with van der Waals surface area (Å²) < 4.78 is 16.5. The Balaban J connectivity index is 2.93. The normalized spacial score (nSPS) is 11.5. The highest BCUT2D eigenvalue weighted by Crippen LogP contribution is 2.18. The van der Waals surface area contributed by atoms with Crippen LogP contribution in [0.25, 0.3) is 11.0 Å². The molecular weight excluding hydrogens is 197 g/mol. The molecule has 0 N–H and O–H groups in total. The maximum atomic E-state index is 13.5. The highest BCUT2D eigenvalue weighted by Gasteiger charge is 2.15. The molecule has 0 saturated carbocycles. The summed E-state index contributed by atoms with van der Waals surface area (Å²) in [7, 11) is 1.56. The highest BCUT2D eigenvalue weighted by atomic mass is 19.1. The lowest BCUT2D eigenvalue weighted by Gasteiger charge is -2.07. The van der Waals surface area contributed by atoms with E-state index in [1.165, 1.54) is 17.1 Å². The van der Waals surface area contributed by atoms with Crippen molar-refractivity contribution in [3.05, 3.63) is 28.7 Å². The molecule has 0 radical (unpaired) electrons. The minimum atomic E-state index is -0.507. The fraction of sp³-hybridized carbons (Fsp3) is 0.400. The van der Waals surface area contributed by atoms with E-state index in [1.54, 1.807) is 11.6 Å². The third kappa shape index (κ3) is 1.35. The Labute approximate surface area is 86.0 Å². The molecule has 0 saturated heterocycles. The fourth-order valence-electron chi connectivity index (χ4n) is 1.58. The van der Waals surface area contributed by atoms with Crippen molar-refractivity contribution in [2.45, 2.75) is 19.9 Å². The van der Waals surface area contributed by atoms with Gasteiger partial charge in [0.25, 0.3) is 5.56 Å². The summed E-state index contributed by atoms with van der Waals surface area (Å²) in [5, 5.41) is 0.0636. The van der Waals surface area contributed by atoms with Gasteiger partial charge in [0.2, 0.25) is 0 Å². The zero-order valence-corrected chi connectivity index (χ0v) is 8.86. The first-order valence-corrected chi connectivity index (χ1v) is 4.74. The van der Waals surface area contributed by atoms with Gasteiger partial charge in [-0.15, -0.1) is 0 Å². The molecule has 0 bridgehead atoms. The SMILES string of the molecule is CC(C)n1cc(F)c2c(=O)n(C)cnc21. The Kier molecular flexibility index (Phi) is 2.10. The van der Waals surface area contributed by atoms with Crippen LogP contribution in [0.5, 0.6) is 0 Å². The second-order valence-corrected chi connectivity index (χ2v) is 3.84. The number of fused-ring (bicyclic) bond motifs is 1. The predicted molar refractivity (Wildman–Crippen MR) is 55.3 cm³/mol. The molecule has 0 spiro atoms. The van der Waals surface area contributed by atoms with Gasteiger partial charge < -0.3 is 9.13 Å². The van der Waals surface area contributed by atoms with Gasteiger partial charge in [0, 0.05) is 19.3 Å². The van der Waals surface area contributed by atoms with Gasteiger partial charge in [-0.3, -0.25) is 4.79 Å². The molecule has 2 aromatic rings. The average molecular weight is 209 g/mol. The lowest BCUT2D eigenvalue weighted by Crippen LogP contribution is -2.17. The topological polar surface area (TPSA) is 39.8 Å². The van der Waals surface area contributed by atoms with Crippen LogP contribution in [0.2, 0.25) is 0 Å². The highest BCUT2D eigenvalue weighted by molar-refractivity contribution is 5.75. The summed E-state index contributed by atoms with van der Waals surface area (Å²) in [6.07, 6.45) is 2.73. The molecule has 0 aliphatic carbocycles. The van der Waals surface area contributed by atoms with Crippen molar-refractivity contribution in [1.82, 2.24) is 14.1 Å². The van der Waals surface area contributed by atoms with E-state index >= 15 is 0 Å². The Morgan fingerprint density at radius 2 is 2.13 bits per heavy atom. The quantitative estimate of drug-likeness (QED) is 0.713. The van der Waals surface area contributed by atoms with E-state index in [4.69, 9.17) is 0 Å². The largest absolute Gasteiger partial charge is 0.327 e. The van der Waals surface area contributed by atoms with Crippen molar-refractivity contribution in [2.75, 3.05) is 0 Å². The van der Waals surface area contributed by atoms with E-state index in [0.29, 0.717) is 5.65 Å². The van der Waals surface area contributed by atoms with Gasteiger partial charge >= 0.3 is 0 Å². The number of aromatic nitrogens is 3. The number of nitrogens with zero attached hydrogens (tertiary/aromatic N) is 3. The van der Waals surface area contributed by atoms with E-state index < -0.39 is 5.82 Å². The van der Waals surface area contributed by atoms with Crippen LogP contribution in [0.15, 0.2) is 17.3 Å². The van der Waals surface area contributed by atoms with Crippen molar-refractivity contribution >= 4 is 11.0 Å². The van der Waals surface area contributed by atoms with Crippen molar-refractivity contribution in [2.24, 2.45) is 7.05 Å². The molecule has 0 aliphatic rings. The minimum absolute atomic E-state index is 0.0636. The Hall–Kier alpha value is -1.65. The van der Waals surface area contributed by atoms with Crippen LogP contribution in [0.1, 0.15) is 19.9 Å². The third-order valence-corrected chi connectivity index (χ3v) is 2.40. The molecule has 2 aromatic heterocycles. The van der Waals surface area contributed by atoms with Crippen LogP contribution >= 0.6 is 0 Å². The summed E-state index contributed by atoms with van der Waals surface area (Å²) in [4.78, 5) is 15.7. The fourth-order valence-corrected chi connectivity index (χ4v) is 1.58. The maximum Gasteiger partial charge on any atom is 0.265 e. The van der Waals surface area contributed by atoms with Gasteiger partial charge in [0.05, 0.1) is 6.33 Å². The summed E-state index contributed by atoms with van der Waals surface area (Å²) >= 11 is 0. The predicted octanol–water partition coefficient (Wildman–Crippen LogP) is 1.45. The monoisotopic (exact) mass is 209 g/mol. The molecule has 2 rings (SSSR count). The minimum Gasteiger partial charge on any atom is -0.327 e. The number of hydrogen-bond donors (Lipinski definition) is 0. The molecule has 4 nitrogen and oxygen atoms in total. The Morgan fingerprint density at radius 3 is 2.73 bits per heavy atom. The van der Waals surface area contributed by atoms with Crippen molar-refractivity contribution < 1.29 is 4.39 Å². The second-order valence-electron chi connectivity index (χ2n) is 3.84. The first-order chi connectivity index (χ1) is 7.02. The smallest absolute Gasteiger partial charge is 0.265 e. The Bertz CT molecular complexity index is 568. The number of aryl methyl sites for hydroxylation is 1. The molecule has 0 unspecified atom stereocenters. The molecular formula is C10H12FN3O. The van der Waals surface area contributed by atoms with E-state index in [9.17, 15) is 9.18 Å². The molecule has 15 heavy (non-hydrogen) atoms. The molecule has 5 heteroatoms. The third-order valence-electron chi connectivity index (χ3n) is 2.40. The Morgan fingerprint density at radius 1 is 1.47 bits per heavy atom. The van der Waals surface area contributed by atoms with Gasteiger partial charge in [-0.2, -0.15) is 0 Å². The molecule has 2 heterocycles. The van der Waals surface area contributed by atoms with Crippen molar-refractivity contribution in [3.63, 3.8) is 0 Å². The zero-order valence-electron chi connectivity index (χ0n) is 8.86. The number of hydrogen-bond acceptors (Lipinski definition) is 2. The first kappa shape index (κ1) is 9.89. The van der Waals surface area contributed by atoms with Crippen LogP contribution in [-0.2, 0) is 7.05 Å². The van der Waals surface area contributed by atoms with Crippen LogP contribution in [0, 0.1) is 5.82 Å². The lowest BCUT2D eigenvalue weighted by molar-refractivity contribution is 0.585. The van der Waals surface area contributed by atoms with Gasteiger partial charge in [0.15, 0.2) is 11.5 Å².